The van der Waals surface area contributed by atoms with Gasteiger partial charge in [0.25, 0.3) is 0 Å². The van der Waals surface area contributed by atoms with Crippen LogP contribution in [0.3, 0.4) is 0 Å². The predicted octanol–water partition coefficient (Wildman–Crippen LogP) is 13.4. The van der Waals surface area contributed by atoms with Crippen molar-refractivity contribution in [3.8, 4) is 11.1 Å². The Morgan fingerprint density at radius 1 is 0.647 bits per heavy atom. The fraction of sp³-hybridized carbons (Fsp3) is 0.120. The first kappa shape index (κ1) is 32.3. The Kier molecular flexibility index (Phi) is 9.19. The zero-order valence-electron chi connectivity index (χ0n) is 29.1. The molecule has 0 saturated carbocycles. The van der Waals surface area contributed by atoms with Crippen molar-refractivity contribution in [2.24, 2.45) is 0 Å². The molecule has 0 bridgehead atoms. The number of hydrogen-bond acceptors (Lipinski definition) is 1. The molecule has 8 rings (SSSR count). The van der Waals surface area contributed by atoms with E-state index in [2.05, 4.69) is 176 Å². The van der Waals surface area contributed by atoms with E-state index >= 15 is 0 Å². The second-order valence-corrected chi connectivity index (χ2v) is 13.6. The van der Waals surface area contributed by atoms with Crippen LogP contribution in [0.4, 0.5) is 5.69 Å². The molecule has 0 aliphatic heterocycles. The first-order chi connectivity index (χ1) is 25.2. The molecule has 3 aliphatic carbocycles. The molecular formula is C50H43N. The van der Waals surface area contributed by atoms with E-state index in [9.17, 15) is 0 Å². The van der Waals surface area contributed by atoms with Gasteiger partial charge < -0.3 is 4.90 Å². The second-order valence-electron chi connectivity index (χ2n) is 13.6. The molecule has 1 heteroatoms. The molecule has 0 amide bonds. The Hall–Kier alpha value is -5.92. The van der Waals surface area contributed by atoms with Crippen molar-refractivity contribution in [2.75, 3.05) is 4.90 Å². The highest BCUT2D eigenvalue weighted by molar-refractivity contribution is 6.08. The van der Waals surface area contributed by atoms with Crippen LogP contribution in [0, 0.1) is 0 Å². The van der Waals surface area contributed by atoms with Crippen molar-refractivity contribution in [1.29, 1.82) is 0 Å². The molecule has 3 aliphatic rings. The minimum absolute atomic E-state index is 0.108. The van der Waals surface area contributed by atoms with Gasteiger partial charge in [0.1, 0.15) is 0 Å². The highest BCUT2D eigenvalue weighted by Crippen LogP contribution is 2.44. The number of benzene rings is 5. The molecule has 0 heterocycles. The minimum Gasteiger partial charge on any atom is -0.338 e. The molecule has 51 heavy (non-hydrogen) atoms. The van der Waals surface area contributed by atoms with Gasteiger partial charge in [0.05, 0.1) is 6.04 Å². The summed E-state index contributed by atoms with van der Waals surface area (Å²) >= 11 is 0. The number of nitrogens with zero attached hydrogens (tertiary/aromatic N) is 1. The SMILES string of the molecule is C=Cc1cc2ccccc2c(C2=C(c3ccccc3)C=CC(N(C3=CC=C(C4=CC=CCC4)CC3)c3ccc(-c4ccccc4)cc3)C2)c1C=C. The van der Waals surface area contributed by atoms with Gasteiger partial charge in [-0.3, -0.25) is 0 Å². The van der Waals surface area contributed by atoms with Crippen LogP contribution in [0.5, 0.6) is 0 Å². The summed E-state index contributed by atoms with van der Waals surface area (Å²) in [6.07, 6.45) is 25.5. The second kappa shape index (κ2) is 14.5. The number of fused-ring (bicyclic) bond motifs is 1. The summed E-state index contributed by atoms with van der Waals surface area (Å²) in [4.78, 5) is 2.60. The zero-order valence-corrected chi connectivity index (χ0v) is 29.1. The van der Waals surface area contributed by atoms with E-state index in [1.54, 1.807) is 0 Å². The van der Waals surface area contributed by atoms with Crippen molar-refractivity contribution in [3.63, 3.8) is 0 Å². The first-order valence-corrected chi connectivity index (χ1v) is 18.2. The summed E-state index contributed by atoms with van der Waals surface area (Å²) in [6, 6.07) is 41.8. The molecule has 1 atom stereocenters. The Morgan fingerprint density at radius 3 is 2.04 bits per heavy atom. The Labute approximate surface area is 303 Å². The number of allylic oxidation sites excluding steroid dienone is 10. The molecule has 5 aromatic rings. The van der Waals surface area contributed by atoms with Crippen molar-refractivity contribution in [1.82, 2.24) is 0 Å². The standard InChI is InChI=1S/C50H43N/c1-3-36-34-42-22-14-15-23-48(42)50(46(36)4-2)49-35-45(32-33-47(49)41-20-12-7-13-21-41)51(43-28-24-39(25-29-43)37-16-8-5-9-17-37)44-30-26-40(27-31-44)38-18-10-6-11-19-38/h3-10,12-18,20-26,28-30,32-34,45H,1-2,11,19,27,31,35H2. The summed E-state index contributed by atoms with van der Waals surface area (Å²) in [6.45, 7) is 8.55. The highest BCUT2D eigenvalue weighted by atomic mass is 15.2. The van der Waals surface area contributed by atoms with Crippen LogP contribution in [0.25, 0.3) is 45.2 Å². The molecule has 0 spiro atoms. The van der Waals surface area contributed by atoms with Gasteiger partial charge in [-0.25, -0.2) is 0 Å². The lowest BCUT2D eigenvalue weighted by atomic mass is 9.80. The van der Waals surface area contributed by atoms with Crippen LogP contribution in [0.15, 0.2) is 188 Å². The average Bonchev–Trinajstić information content (AvgIpc) is 3.21. The summed E-state index contributed by atoms with van der Waals surface area (Å²) in [7, 11) is 0. The fourth-order valence-corrected chi connectivity index (χ4v) is 8.08. The van der Waals surface area contributed by atoms with Crippen LogP contribution >= 0.6 is 0 Å². The summed E-state index contributed by atoms with van der Waals surface area (Å²) in [5.74, 6) is 0. The van der Waals surface area contributed by atoms with E-state index in [4.69, 9.17) is 0 Å². The molecule has 1 unspecified atom stereocenters. The van der Waals surface area contributed by atoms with E-state index < -0.39 is 0 Å². The lowest BCUT2D eigenvalue weighted by Crippen LogP contribution is -2.35. The van der Waals surface area contributed by atoms with Gasteiger partial charge in [0, 0.05) is 11.4 Å². The lowest BCUT2D eigenvalue weighted by Gasteiger charge is -2.38. The molecule has 1 nitrogen and oxygen atoms in total. The van der Waals surface area contributed by atoms with Gasteiger partial charge in [-0.1, -0.05) is 159 Å². The topological polar surface area (TPSA) is 3.24 Å². The largest absolute Gasteiger partial charge is 0.338 e. The zero-order chi connectivity index (χ0) is 34.6. The normalized spacial score (nSPS) is 17.1. The van der Waals surface area contributed by atoms with E-state index in [1.165, 1.54) is 66.7 Å². The van der Waals surface area contributed by atoms with Crippen molar-refractivity contribution >= 4 is 39.8 Å². The van der Waals surface area contributed by atoms with Gasteiger partial charge >= 0.3 is 0 Å². The smallest absolute Gasteiger partial charge is 0.0563 e. The predicted molar refractivity (Wildman–Crippen MR) is 221 cm³/mol. The van der Waals surface area contributed by atoms with E-state index in [0.717, 1.165) is 43.2 Å². The molecule has 0 N–H and O–H groups in total. The van der Waals surface area contributed by atoms with Crippen LogP contribution in [0.2, 0.25) is 0 Å². The van der Waals surface area contributed by atoms with Crippen LogP contribution < -0.4 is 4.90 Å². The maximum absolute atomic E-state index is 4.33. The van der Waals surface area contributed by atoms with E-state index in [0.29, 0.717) is 0 Å². The number of rotatable bonds is 9. The maximum atomic E-state index is 4.33. The molecule has 5 aromatic carbocycles. The average molecular weight is 658 g/mol. The van der Waals surface area contributed by atoms with Crippen LogP contribution in [0.1, 0.15) is 54.4 Å². The van der Waals surface area contributed by atoms with Gasteiger partial charge in [0.15, 0.2) is 0 Å². The summed E-state index contributed by atoms with van der Waals surface area (Å²) in [5.41, 5.74) is 15.3. The summed E-state index contributed by atoms with van der Waals surface area (Å²) in [5, 5.41) is 2.46. The van der Waals surface area contributed by atoms with Gasteiger partial charge in [-0.05, 0) is 123 Å². The molecule has 0 aromatic heterocycles. The highest BCUT2D eigenvalue weighted by Gasteiger charge is 2.29. The van der Waals surface area contributed by atoms with Gasteiger partial charge in [-0.2, -0.15) is 0 Å². The lowest BCUT2D eigenvalue weighted by molar-refractivity contribution is 0.720. The van der Waals surface area contributed by atoms with Crippen LogP contribution in [-0.2, 0) is 0 Å². The number of hydrogen-bond donors (Lipinski definition) is 0. The molecule has 0 saturated heterocycles. The molecular weight excluding hydrogens is 615 g/mol. The van der Waals surface area contributed by atoms with Crippen molar-refractivity contribution in [3.05, 3.63) is 210 Å². The minimum atomic E-state index is 0.108. The van der Waals surface area contributed by atoms with Crippen molar-refractivity contribution in [2.45, 2.75) is 38.1 Å². The van der Waals surface area contributed by atoms with Gasteiger partial charge in [0.2, 0.25) is 0 Å². The fourth-order valence-electron chi connectivity index (χ4n) is 8.08. The van der Waals surface area contributed by atoms with E-state index in [1.807, 2.05) is 12.2 Å². The van der Waals surface area contributed by atoms with Crippen molar-refractivity contribution < 1.29 is 0 Å². The summed E-state index contributed by atoms with van der Waals surface area (Å²) < 4.78 is 0. The third-order valence-corrected chi connectivity index (χ3v) is 10.6. The molecule has 0 radical (unpaired) electrons. The third kappa shape index (κ3) is 6.44. The molecule has 0 fully saturated rings. The van der Waals surface area contributed by atoms with Crippen LogP contribution in [-0.4, -0.2) is 6.04 Å². The Morgan fingerprint density at radius 2 is 1.35 bits per heavy atom. The van der Waals surface area contributed by atoms with Gasteiger partial charge in [-0.15, -0.1) is 0 Å². The third-order valence-electron chi connectivity index (χ3n) is 10.6. The monoisotopic (exact) mass is 657 g/mol. The van der Waals surface area contributed by atoms with E-state index in [-0.39, 0.29) is 6.04 Å². The molecule has 248 valence electrons. The maximum Gasteiger partial charge on any atom is 0.0563 e. The number of anilines is 1. The Balaban J connectivity index is 1.28. The quantitative estimate of drug-likeness (QED) is 0.152. The first-order valence-electron chi connectivity index (χ1n) is 18.2. The Bertz CT molecular complexity index is 2290.